The third-order valence-corrected chi connectivity index (χ3v) is 6.22. The standard InChI is InChI=1S/C21H30N8O/c1-23-16-5-4-15(20(30)26-17-6-7-18(28-27-17)29(2)3)19(25-16)24-14-10-21(11-14)8-13(9-21)12-22/h4-7,13-14H,8-12,22H2,1-3H3,(H2,23,24,25)(H,26,27,30). The Kier molecular flexibility index (Phi) is 5.46. The Bertz CT molecular complexity index is 900. The van der Waals surface area contributed by atoms with Gasteiger partial charge in [-0.15, -0.1) is 10.2 Å². The molecule has 5 N–H and O–H groups in total. The molecule has 2 saturated carbocycles. The highest BCUT2D eigenvalue weighted by molar-refractivity contribution is 6.07. The van der Waals surface area contributed by atoms with E-state index in [1.165, 1.54) is 12.8 Å². The molecule has 2 fully saturated rings. The minimum absolute atomic E-state index is 0.263. The number of carbonyl (C=O) groups is 1. The highest BCUT2D eigenvalue weighted by Crippen LogP contribution is 2.58. The van der Waals surface area contributed by atoms with Crippen molar-refractivity contribution in [3.63, 3.8) is 0 Å². The molecule has 30 heavy (non-hydrogen) atoms. The molecule has 1 amide bonds. The van der Waals surface area contributed by atoms with Crippen LogP contribution in [0.3, 0.4) is 0 Å². The molecular formula is C21H30N8O. The van der Waals surface area contributed by atoms with Crippen molar-refractivity contribution in [1.82, 2.24) is 15.2 Å². The van der Waals surface area contributed by atoms with Gasteiger partial charge in [0.05, 0.1) is 5.56 Å². The van der Waals surface area contributed by atoms with Gasteiger partial charge in [-0.2, -0.15) is 0 Å². The molecule has 2 heterocycles. The minimum Gasteiger partial charge on any atom is -0.373 e. The van der Waals surface area contributed by atoms with E-state index in [9.17, 15) is 4.79 Å². The molecule has 2 aliphatic carbocycles. The number of nitrogens with zero attached hydrogens (tertiary/aromatic N) is 4. The van der Waals surface area contributed by atoms with Gasteiger partial charge in [0.2, 0.25) is 0 Å². The van der Waals surface area contributed by atoms with E-state index in [0.29, 0.717) is 40.4 Å². The average molecular weight is 411 g/mol. The van der Waals surface area contributed by atoms with Gasteiger partial charge in [-0.25, -0.2) is 4.98 Å². The van der Waals surface area contributed by atoms with E-state index in [1.54, 1.807) is 18.2 Å². The van der Waals surface area contributed by atoms with E-state index in [2.05, 4.69) is 31.1 Å². The zero-order chi connectivity index (χ0) is 21.3. The lowest BCUT2D eigenvalue weighted by molar-refractivity contribution is -0.0295. The first-order valence-electron chi connectivity index (χ1n) is 10.4. The molecule has 2 aromatic rings. The molecule has 0 atom stereocenters. The summed E-state index contributed by atoms with van der Waals surface area (Å²) in [6.45, 7) is 0.786. The largest absolute Gasteiger partial charge is 0.373 e. The SMILES string of the molecule is CNc1ccc(C(=O)Nc2ccc(N(C)C)nn2)c(NC2CC3(CC(CN)C3)C2)n1. The molecule has 9 nitrogen and oxygen atoms in total. The van der Waals surface area contributed by atoms with Crippen LogP contribution in [-0.2, 0) is 0 Å². The summed E-state index contributed by atoms with van der Waals surface area (Å²) in [7, 11) is 5.59. The Balaban J connectivity index is 1.44. The van der Waals surface area contributed by atoms with Gasteiger partial charge in [0.15, 0.2) is 11.6 Å². The van der Waals surface area contributed by atoms with Gasteiger partial charge in [0.1, 0.15) is 11.6 Å². The molecule has 0 aromatic carbocycles. The van der Waals surface area contributed by atoms with E-state index < -0.39 is 0 Å². The Hall–Kier alpha value is -2.94. The molecule has 0 bridgehead atoms. The number of rotatable bonds is 7. The van der Waals surface area contributed by atoms with Crippen molar-refractivity contribution in [2.45, 2.75) is 31.7 Å². The maximum atomic E-state index is 12.9. The Labute approximate surface area is 176 Å². The Morgan fingerprint density at radius 1 is 1.13 bits per heavy atom. The number of nitrogens with two attached hydrogens (primary N) is 1. The van der Waals surface area contributed by atoms with Crippen LogP contribution in [0.15, 0.2) is 24.3 Å². The van der Waals surface area contributed by atoms with Crippen LogP contribution in [0.1, 0.15) is 36.0 Å². The van der Waals surface area contributed by atoms with Crippen molar-refractivity contribution in [3.05, 3.63) is 29.8 Å². The van der Waals surface area contributed by atoms with Crippen LogP contribution in [0.25, 0.3) is 0 Å². The summed E-state index contributed by atoms with van der Waals surface area (Å²) >= 11 is 0. The van der Waals surface area contributed by atoms with Crippen LogP contribution in [0.4, 0.5) is 23.3 Å². The third-order valence-electron chi connectivity index (χ3n) is 6.22. The number of hydrogen-bond donors (Lipinski definition) is 4. The monoisotopic (exact) mass is 410 g/mol. The smallest absolute Gasteiger partial charge is 0.260 e. The van der Waals surface area contributed by atoms with Gasteiger partial charge in [0, 0.05) is 27.2 Å². The third kappa shape index (κ3) is 4.02. The van der Waals surface area contributed by atoms with Crippen LogP contribution in [0.5, 0.6) is 0 Å². The first-order valence-corrected chi connectivity index (χ1v) is 10.4. The van der Waals surface area contributed by atoms with Crippen molar-refractivity contribution < 1.29 is 4.79 Å². The van der Waals surface area contributed by atoms with Crippen LogP contribution < -0.4 is 26.6 Å². The zero-order valence-electron chi connectivity index (χ0n) is 17.8. The number of amides is 1. The summed E-state index contributed by atoms with van der Waals surface area (Å²) in [5, 5.41) is 17.5. The Morgan fingerprint density at radius 3 is 2.47 bits per heavy atom. The minimum atomic E-state index is -0.263. The highest BCUT2D eigenvalue weighted by Gasteiger charge is 2.52. The summed E-state index contributed by atoms with van der Waals surface area (Å²) in [6.07, 6.45) is 4.65. The van der Waals surface area contributed by atoms with Gasteiger partial charge in [-0.3, -0.25) is 4.79 Å². The van der Waals surface area contributed by atoms with Crippen LogP contribution in [-0.4, -0.2) is 54.8 Å². The first kappa shape index (κ1) is 20.3. The maximum absolute atomic E-state index is 12.9. The van der Waals surface area contributed by atoms with Crippen molar-refractivity contribution >= 4 is 29.2 Å². The van der Waals surface area contributed by atoms with Crippen molar-refractivity contribution in [3.8, 4) is 0 Å². The number of anilines is 4. The Morgan fingerprint density at radius 2 is 1.87 bits per heavy atom. The number of hydrogen-bond acceptors (Lipinski definition) is 8. The summed E-state index contributed by atoms with van der Waals surface area (Å²) in [5.74, 6) is 2.84. The molecule has 4 rings (SSSR count). The molecule has 2 aromatic heterocycles. The van der Waals surface area contributed by atoms with E-state index in [1.807, 2.05) is 32.1 Å². The van der Waals surface area contributed by atoms with Gasteiger partial charge in [0.25, 0.3) is 5.91 Å². The fourth-order valence-electron chi connectivity index (χ4n) is 4.65. The number of pyridine rings is 1. The summed E-state index contributed by atoms with van der Waals surface area (Å²) in [6, 6.07) is 7.45. The second-order valence-electron chi connectivity index (χ2n) is 8.73. The van der Waals surface area contributed by atoms with Gasteiger partial charge < -0.3 is 26.6 Å². The fraction of sp³-hybridized carbons (Fsp3) is 0.524. The van der Waals surface area contributed by atoms with Crippen molar-refractivity contribution in [2.24, 2.45) is 17.1 Å². The maximum Gasteiger partial charge on any atom is 0.260 e. The lowest BCUT2D eigenvalue weighted by Gasteiger charge is -2.58. The zero-order valence-corrected chi connectivity index (χ0v) is 17.8. The first-order chi connectivity index (χ1) is 14.4. The lowest BCUT2D eigenvalue weighted by atomic mass is 9.50. The topological polar surface area (TPSA) is 121 Å². The van der Waals surface area contributed by atoms with Crippen LogP contribution in [0.2, 0.25) is 0 Å². The van der Waals surface area contributed by atoms with Gasteiger partial charge >= 0.3 is 0 Å². The van der Waals surface area contributed by atoms with E-state index >= 15 is 0 Å². The second kappa shape index (κ2) is 8.06. The van der Waals surface area contributed by atoms with Crippen molar-refractivity contribution in [1.29, 1.82) is 0 Å². The number of nitrogens with one attached hydrogen (secondary N) is 3. The molecule has 2 aliphatic rings. The molecule has 1 spiro atoms. The molecule has 0 aliphatic heterocycles. The fourth-order valence-corrected chi connectivity index (χ4v) is 4.65. The summed E-state index contributed by atoms with van der Waals surface area (Å²) in [5.41, 5.74) is 6.72. The van der Waals surface area contributed by atoms with Gasteiger partial charge in [-0.1, -0.05) is 0 Å². The summed E-state index contributed by atoms with van der Waals surface area (Å²) in [4.78, 5) is 19.4. The molecular weight excluding hydrogens is 380 g/mol. The molecule has 160 valence electrons. The lowest BCUT2D eigenvalue weighted by Crippen LogP contribution is -2.54. The van der Waals surface area contributed by atoms with Crippen LogP contribution >= 0.6 is 0 Å². The second-order valence-corrected chi connectivity index (χ2v) is 8.73. The predicted octanol–water partition coefficient (Wildman–Crippen LogP) is 2.16. The number of carbonyl (C=O) groups excluding carboxylic acids is 1. The predicted molar refractivity (Wildman–Crippen MR) is 119 cm³/mol. The number of aromatic nitrogens is 3. The molecule has 9 heteroatoms. The molecule has 0 radical (unpaired) electrons. The quantitative estimate of drug-likeness (QED) is 0.548. The van der Waals surface area contributed by atoms with Gasteiger partial charge in [-0.05, 0) is 67.8 Å². The summed E-state index contributed by atoms with van der Waals surface area (Å²) < 4.78 is 0. The van der Waals surface area contributed by atoms with Crippen LogP contribution in [0, 0.1) is 11.3 Å². The average Bonchev–Trinajstić information content (AvgIpc) is 2.68. The van der Waals surface area contributed by atoms with Crippen molar-refractivity contribution in [2.75, 3.05) is 48.5 Å². The molecule has 0 unspecified atom stereocenters. The van der Waals surface area contributed by atoms with E-state index in [0.717, 1.165) is 25.2 Å². The normalized spacial score (nSPS) is 24.5. The van der Waals surface area contributed by atoms with E-state index in [4.69, 9.17) is 5.73 Å². The van der Waals surface area contributed by atoms with E-state index in [-0.39, 0.29) is 5.91 Å². The molecule has 0 saturated heterocycles. The highest BCUT2D eigenvalue weighted by atomic mass is 16.1.